The average molecular weight is 1220 g/mol. The number of halogens is 2. The van der Waals surface area contributed by atoms with Crippen molar-refractivity contribution in [3.05, 3.63) is 243 Å². The maximum Gasteiger partial charge on any atom is 0.252 e. The van der Waals surface area contributed by atoms with Gasteiger partial charge in [0, 0.05) is 55.0 Å². The fourth-order valence-electron chi connectivity index (χ4n) is 12.6. The fourth-order valence-corrected chi connectivity index (χ4v) is 12.9. The van der Waals surface area contributed by atoms with Gasteiger partial charge in [-0.3, -0.25) is 0 Å². The van der Waals surface area contributed by atoms with E-state index in [2.05, 4.69) is 222 Å². The van der Waals surface area contributed by atoms with Crippen molar-refractivity contribution in [1.82, 2.24) is 0 Å². The molecule has 2 nitrogen and oxygen atoms in total. The summed E-state index contributed by atoms with van der Waals surface area (Å²) in [6, 6.07) is 41.2. The Balaban J connectivity index is 1.41. The molecule has 0 fully saturated rings. The molecule has 10 aromatic rings. The molecule has 5 heteroatoms. The molecule has 0 bridgehead atoms. The van der Waals surface area contributed by atoms with Crippen LogP contribution >= 0.6 is 23.2 Å². The molecule has 0 aliphatic carbocycles. The van der Waals surface area contributed by atoms with E-state index in [9.17, 15) is 13.7 Å². The summed E-state index contributed by atoms with van der Waals surface area (Å²) in [6.45, 7) is 37.7. The molecule has 0 saturated carbocycles. The standard InChI is InChI=1S/C84H87BCl2N2/c1-79(2,3)58-32-22-28-53(40-58)66-46-62(83(13,14)15)47-67(54-29-23-33-59(41-54)80(4,5)6)77(66)88-72-50-64(86)36-38-70(72)85-71-39-37-65(87)51-73(71)89(75-45-57(44-74(88)76(75)85)52-26-20-19-21-27-52)78-68(55-30-24-34-60(42-55)81(7,8)9)48-63(84(16,17)18)49-69(78)56-31-25-35-61(43-56)82(10,11)12/h19-51H,1-18H3/i19D,20D,21D,26D,27D,36D,37D,38D,39D,50D,51D. The van der Waals surface area contributed by atoms with Gasteiger partial charge in [0.05, 0.1) is 26.5 Å². The van der Waals surface area contributed by atoms with Crippen LogP contribution in [0.3, 0.4) is 0 Å². The third-order valence-corrected chi connectivity index (χ3v) is 18.2. The molecule has 0 spiro atoms. The minimum Gasteiger partial charge on any atom is -0.310 e. The van der Waals surface area contributed by atoms with E-state index >= 15 is 0 Å². The molecule has 12 rings (SSSR count). The molecule has 2 heterocycles. The van der Waals surface area contributed by atoms with E-state index in [1.807, 2.05) is 34.1 Å². The monoisotopic (exact) mass is 1220 g/mol. The van der Waals surface area contributed by atoms with Gasteiger partial charge in [0.1, 0.15) is 0 Å². The van der Waals surface area contributed by atoms with Crippen LogP contribution in [0.2, 0.25) is 10.0 Å². The molecular weight excluding hydrogens is 1120 g/mol. The van der Waals surface area contributed by atoms with Gasteiger partial charge in [-0.2, -0.15) is 0 Å². The van der Waals surface area contributed by atoms with E-state index in [-0.39, 0.29) is 89.3 Å². The second kappa shape index (κ2) is 22.1. The van der Waals surface area contributed by atoms with E-state index in [4.69, 9.17) is 24.6 Å². The summed E-state index contributed by atoms with van der Waals surface area (Å²) < 4.78 is 110. The highest BCUT2D eigenvalue weighted by molar-refractivity contribution is 7.00. The van der Waals surface area contributed by atoms with Crippen molar-refractivity contribution in [2.24, 2.45) is 0 Å². The van der Waals surface area contributed by atoms with E-state index in [1.165, 1.54) is 0 Å². The zero-order chi connectivity index (χ0) is 73.2. The minimum absolute atomic E-state index is 0.0818. The van der Waals surface area contributed by atoms with Gasteiger partial charge in [-0.1, -0.05) is 287 Å². The number of anilines is 6. The Bertz CT molecular complexity index is 4630. The Kier molecular flexibility index (Phi) is 12.3. The number of rotatable bonds is 7. The van der Waals surface area contributed by atoms with Crippen LogP contribution < -0.4 is 26.2 Å². The first-order chi connectivity index (χ1) is 46.3. The van der Waals surface area contributed by atoms with Gasteiger partial charge in [-0.25, -0.2) is 0 Å². The zero-order valence-electron chi connectivity index (χ0n) is 65.9. The lowest BCUT2D eigenvalue weighted by Gasteiger charge is -2.46. The lowest BCUT2D eigenvalue weighted by Crippen LogP contribution is -2.61. The second-order valence-corrected chi connectivity index (χ2v) is 31.4. The van der Waals surface area contributed by atoms with Crippen LogP contribution in [0.4, 0.5) is 34.1 Å². The van der Waals surface area contributed by atoms with E-state index in [1.54, 1.807) is 12.1 Å². The molecule has 0 atom stereocenters. The molecule has 89 heavy (non-hydrogen) atoms. The number of hydrogen-bond donors (Lipinski definition) is 0. The Morgan fingerprint density at radius 1 is 0.315 bits per heavy atom. The third-order valence-electron chi connectivity index (χ3n) is 17.9. The Morgan fingerprint density at radius 2 is 0.618 bits per heavy atom. The average Bonchev–Trinajstić information content (AvgIpc) is 0.674. The first-order valence-electron chi connectivity index (χ1n) is 36.6. The van der Waals surface area contributed by atoms with E-state index in [0.29, 0.717) is 28.2 Å². The van der Waals surface area contributed by atoms with Gasteiger partial charge in [0.25, 0.3) is 6.71 Å². The normalized spacial score (nSPS) is 15.3. The smallest absolute Gasteiger partial charge is 0.252 e. The Labute approximate surface area is 558 Å². The lowest BCUT2D eigenvalue weighted by molar-refractivity contribution is 0.589. The van der Waals surface area contributed by atoms with Crippen LogP contribution in [-0.4, -0.2) is 6.71 Å². The molecule has 2 aliphatic heterocycles. The zero-order valence-corrected chi connectivity index (χ0v) is 56.4. The molecule has 0 unspecified atom stereocenters. The van der Waals surface area contributed by atoms with Crippen LogP contribution in [0, 0.1) is 0 Å². The molecule has 2 aliphatic rings. The number of hydrogen-bond acceptors (Lipinski definition) is 2. The first-order valence-corrected chi connectivity index (χ1v) is 31.8. The van der Waals surface area contributed by atoms with Crippen LogP contribution in [0.25, 0.3) is 55.6 Å². The molecule has 0 N–H and O–H groups in total. The Hall–Kier alpha value is -7.56. The predicted molar refractivity (Wildman–Crippen MR) is 390 cm³/mol. The summed E-state index contributed by atoms with van der Waals surface area (Å²) in [7, 11) is 0. The molecule has 0 radical (unpaired) electrons. The quantitative estimate of drug-likeness (QED) is 0.147. The Morgan fingerprint density at radius 3 is 0.910 bits per heavy atom. The highest BCUT2D eigenvalue weighted by Gasteiger charge is 2.46. The SMILES string of the molecule is [2H]c1c([2H])c([2H])c(-c2cc3c4c(c2)N(c2c(-c5cccc(C(C)(C)C)c5)cc(C(C)(C)C)cc2-c2cccc(C(C)(C)C)c2)c2c([2H])c(Cl)c([2H])c([2H])c2B4c2c([2H])c([2H])c(Cl)c([2H])c2N3c2c(-c3cccc(C(C)(C)C)c3)cc(C(C)(C)C)cc2-c2cccc(C(C)(C)C)c2)c([2H])c1[2H]. The third kappa shape index (κ3) is 11.6. The van der Waals surface area contributed by atoms with Crippen molar-refractivity contribution < 1.29 is 15.1 Å². The minimum atomic E-state index is -1.32. The summed E-state index contributed by atoms with van der Waals surface area (Å²) in [4.78, 5) is 3.91. The summed E-state index contributed by atoms with van der Waals surface area (Å²) >= 11 is 14.8. The maximum absolute atomic E-state index is 10.7. The van der Waals surface area contributed by atoms with Crippen LogP contribution in [-0.2, 0) is 32.5 Å². The van der Waals surface area contributed by atoms with Crippen molar-refractivity contribution in [1.29, 1.82) is 0 Å². The van der Waals surface area contributed by atoms with Gasteiger partial charge >= 0.3 is 0 Å². The van der Waals surface area contributed by atoms with Gasteiger partial charge in [-0.05, 0) is 176 Å². The first kappa shape index (κ1) is 49.3. The number of benzene rings is 10. The van der Waals surface area contributed by atoms with Gasteiger partial charge in [-0.15, -0.1) is 0 Å². The van der Waals surface area contributed by atoms with Gasteiger partial charge in [0.2, 0.25) is 0 Å². The number of fused-ring (bicyclic) bond motifs is 4. The summed E-state index contributed by atoms with van der Waals surface area (Å²) in [5, 5.41) is -0.632. The van der Waals surface area contributed by atoms with Crippen molar-refractivity contribution >= 4 is 80.4 Å². The van der Waals surface area contributed by atoms with Gasteiger partial charge in [0.15, 0.2) is 0 Å². The van der Waals surface area contributed by atoms with E-state index in [0.717, 1.165) is 77.9 Å². The van der Waals surface area contributed by atoms with Crippen LogP contribution in [0.1, 0.15) is 173 Å². The highest BCUT2D eigenvalue weighted by atomic mass is 35.5. The summed E-state index contributed by atoms with van der Waals surface area (Å²) in [5.41, 5.74) is 12.6. The van der Waals surface area contributed by atoms with Crippen molar-refractivity contribution in [2.75, 3.05) is 9.80 Å². The summed E-state index contributed by atoms with van der Waals surface area (Å²) in [6.07, 6.45) is 0. The molecule has 0 saturated heterocycles. The molecule has 450 valence electrons. The van der Waals surface area contributed by atoms with Crippen LogP contribution in [0.5, 0.6) is 0 Å². The molecule has 0 aromatic heterocycles. The van der Waals surface area contributed by atoms with Gasteiger partial charge < -0.3 is 9.80 Å². The number of nitrogens with zero attached hydrogens (tertiary/aromatic N) is 2. The maximum atomic E-state index is 10.7. The predicted octanol–water partition coefficient (Wildman–Crippen LogP) is 23.2. The molecule has 10 aromatic carbocycles. The lowest BCUT2D eigenvalue weighted by atomic mass is 9.33. The molecule has 0 amide bonds. The second-order valence-electron chi connectivity index (χ2n) is 30.6. The van der Waals surface area contributed by atoms with Crippen molar-refractivity contribution in [3.63, 3.8) is 0 Å². The van der Waals surface area contributed by atoms with Crippen LogP contribution in [0.15, 0.2) is 200 Å². The highest BCUT2D eigenvalue weighted by Crippen LogP contribution is 2.56. The largest absolute Gasteiger partial charge is 0.310 e. The van der Waals surface area contributed by atoms with E-state index < -0.39 is 59.8 Å². The molecular formula is C84H87BCl2N2. The fraction of sp³-hybridized carbons (Fsp3) is 0.286. The summed E-state index contributed by atoms with van der Waals surface area (Å²) in [5.74, 6) is 0. The van der Waals surface area contributed by atoms with Crippen molar-refractivity contribution in [2.45, 2.75) is 157 Å². The topological polar surface area (TPSA) is 6.48 Å². The van der Waals surface area contributed by atoms with Crippen molar-refractivity contribution in [3.8, 4) is 55.6 Å².